The van der Waals surface area contributed by atoms with Gasteiger partial charge in [-0.1, -0.05) is 76.7 Å². The number of primary sulfonamides is 1. The first-order valence-electron chi connectivity index (χ1n) is 11.2. The number of nitrogens with one attached hydrogen (secondary N) is 2. The number of rotatable bonds is 9. The van der Waals surface area contributed by atoms with E-state index >= 15 is 0 Å². The number of amides is 2. The Balaban J connectivity index is -0.000000533. The summed E-state index contributed by atoms with van der Waals surface area (Å²) in [5.74, 6) is -0.113. The molecule has 0 aliphatic carbocycles. The van der Waals surface area contributed by atoms with Crippen molar-refractivity contribution in [3.8, 4) is 0 Å². The number of ketones is 1. The van der Waals surface area contributed by atoms with Crippen LogP contribution in [0, 0.1) is 34.5 Å². The standard InChI is InChI=1S/C12H23NO2.C11H24N2O3S.CH4/c1-8(2)10(12(4,5)6)11(15)13-7-9(3)14;1-8(2)9(11(3,4)5)10(14)13-6-7-17(12,15)16;/h8,10H,7H2,1-6H3,(H,13,15);8-9H,6-7H2,1-5H3,(H,13,14)(H2,12,15,16);1H4. The SMILES string of the molecule is C.CC(=O)CNC(=O)C(C(C)C)C(C)(C)C.CC(C)C(C(=O)NCCS(N)(=O)=O)C(C)(C)C. The van der Waals surface area contributed by atoms with E-state index in [1.165, 1.54) is 6.92 Å². The zero-order valence-electron chi connectivity index (χ0n) is 22.0. The molecule has 0 aromatic carbocycles. The van der Waals surface area contributed by atoms with E-state index in [2.05, 4.69) is 10.6 Å². The van der Waals surface area contributed by atoms with Gasteiger partial charge in [0.1, 0.15) is 5.78 Å². The molecule has 0 saturated heterocycles. The lowest BCUT2D eigenvalue weighted by Crippen LogP contribution is -2.42. The first-order valence-corrected chi connectivity index (χ1v) is 12.9. The molecule has 0 aromatic rings. The zero-order valence-corrected chi connectivity index (χ0v) is 22.8. The summed E-state index contributed by atoms with van der Waals surface area (Å²) in [6.07, 6.45) is 0. The van der Waals surface area contributed by atoms with E-state index in [0.717, 1.165) is 0 Å². The Labute approximate surface area is 203 Å². The van der Waals surface area contributed by atoms with Crippen LogP contribution in [-0.4, -0.2) is 44.9 Å². The Kier molecular flexibility index (Phi) is 16.1. The molecule has 33 heavy (non-hydrogen) atoms. The van der Waals surface area contributed by atoms with E-state index in [-0.39, 0.29) is 78.4 Å². The van der Waals surface area contributed by atoms with Crippen LogP contribution in [0.25, 0.3) is 0 Å². The highest BCUT2D eigenvalue weighted by Crippen LogP contribution is 2.32. The van der Waals surface area contributed by atoms with Gasteiger partial charge in [0.25, 0.3) is 0 Å². The number of hydrogen-bond donors (Lipinski definition) is 3. The Morgan fingerprint density at radius 3 is 1.36 bits per heavy atom. The third-order valence-corrected chi connectivity index (χ3v) is 5.73. The van der Waals surface area contributed by atoms with Gasteiger partial charge in [0, 0.05) is 18.4 Å². The van der Waals surface area contributed by atoms with Gasteiger partial charge in [-0.05, 0) is 29.6 Å². The predicted molar refractivity (Wildman–Crippen MR) is 137 cm³/mol. The maximum absolute atomic E-state index is 12.0. The summed E-state index contributed by atoms with van der Waals surface area (Å²) in [4.78, 5) is 34.6. The van der Waals surface area contributed by atoms with Gasteiger partial charge in [-0.25, -0.2) is 13.6 Å². The lowest BCUT2D eigenvalue weighted by Gasteiger charge is -2.32. The molecule has 9 heteroatoms. The number of hydrogen-bond acceptors (Lipinski definition) is 5. The van der Waals surface area contributed by atoms with Crippen molar-refractivity contribution < 1.29 is 22.8 Å². The van der Waals surface area contributed by atoms with Crippen LogP contribution in [0.2, 0.25) is 0 Å². The van der Waals surface area contributed by atoms with Crippen molar-refractivity contribution in [1.29, 1.82) is 0 Å². The fourth-order valence-corrected chi connectivity index (χ4v) is 4.53. The molecule has 0 fully saturated rings. The molecule has 0 radical (unpaired) electrons. The molecular formula is C24H51N3O5S. The molecule has 4 N–H and O–H groups in total. The normalized spacial score (nSPS) is 13.9. The van der Waals surface area contributed by atoms with Gasteiger partial charge in [-0.2, -0.15) is 0 Å². The van der Waals surface area contributed by atoms with Crippen LogP contribution in [0.5, 0.6) is 0 Å². The number of carbonyl (C=O) groups is 3. The van der Waals surface area contributed by atoms with E-state index in [9.17, 15) is 22.8 Å². The number of nitrogens with two attached hydrogens (primary N) is 1. The smallest absolute Gasteiger partial charge is 0.224 e. The minimum Gasteiger partial charge on any atom is -0.355 e. The highest BCUT2D eigenvalue weighted by molar-refractivity contribution is 7.89. The van der Waals surface area contributed by atoms with Gasteiger partial charge in [0.2, 0.25) is 21.8 Å². The molecule has 0 aliphatic rings. The van der Waals surface area contributed by atoms with Crippen molar-refractivity contribution >= 4 is 27.6 Å². The van der Waals surface area contributed by atoms with Crippen molar-refractivity contribution in [2.75, 3.05) is 18.8 Å². The van der Waals surface area contributed by atoms with Crippen LogP contribution in [0.1, 0.15) is 83.6 Å². The Morgan fingerprint density at radius 1 is 0.788 bits per heavy atom. The Morgan fingerprint density at radius 2 is 1.12 bits per heavy atom. The van der Waals surface area contributed by atoms with E-state index in [1.54, 1.807) is 0 Å². The summed E-state index contributed by atoms with van der Waals surface area (Å²) >= 11 is 0. The minimum absolute atomic E-state index is 0. The van der Waals surface area contributed by atoms with E-state index in [1.807, 2.05) is 69.2 Å². The van der Waals surface area contributed by atoms with Gasteiger partial charge in [0.05, 0.1) is 12.3 Å². The van der Waals surface area contributed by atoms with E-state index in [4.69, 9.17) is 5.14 Å². The second kappa shape index (κ2) is 14.7. The first-order chi connectivity index (χ1) is 14.1. The molecule has 0 bridgehead atoms. The zero-order chi connectivity index (χ0) is 26.1. The fraction of sp³-hybridized carbons (Fsp3) is 0.875. The third-order valence-electron chi connectivity index (χ3n) is 4.96. The van der Waals surface area contributed by atoms with Crippen molar-refractivity contribution in [3.05, 3.63) is 0 Å². The van der Waals surface area contributed by atoms with Gasteiger partial charge >= 0.3 is 0 Å². The summed E-state index contributed by atoms with van der Waals surface area (Å²) in [5.41, 5.74) is -0.227. The quantitative estimate of drug-likeness (QED) is 0.452. The molecule has 2 amide bonds. The second-order valence-corrected chi connectivity index (χ2v) is 13.0. The number of Topliss-reactive ketones (excluding diaryl/α,β-unsaturated/α-hetero) is 1. The highest BCUT2D eigenvalue weighted by Gasteiger charge is 2.34. The van der Waals surface area contributed by atoms with Crippen LogP contribution in [0.15, 0.2) is 0 Å². The molecule has 198 valence electrons. The highest BCUT2D eigenvalue weighted by atomic mass is 32.2. The molecule has 0 saturated carbocycles. The predicted octanol–water partition coefficient (Wildman–Crippen LogP) is 3.36. The van der Waals surface area contributed by atoms with Gasteiger partial charge in [-0.15, -0.1) is 0 Å². The average Bonchev–Trinajstić information content (AvgIpc) is 2.48. The third kappa shape index (κ3) is 16.7. The van der Waals surface area contributed by atoms with Gasteiger partial charge in [0.15, 0.2) is 0 Å². The lowest BCUT2D eigenvalue weighted by molar-refractivity contribution is -0.132. The van der Waals surface area contributed by atoms with Crippen LogP contribution < -0.4 is 15.8 Å². The fourth-order valence-electron chi connectivity index (χ4n) is 4.14. The second-order valence-electron chi connectivity index (χ2n) is 11.3. The molecular weight excluding hydrogens is 442 g/mol. The van der Waals surface area contributed by atoms with Crippen LogP contribution >= 0.6 is 0 Å². The van der Waals surface area contributed by atoms with Crippen molar-refractivity contribution in [2.45, 2.75) is 83.6 Å². The molecule has 2 unspecified atom stereocenters. The minimum atomic E-state index is -3.52. The monoisotopic (exact) mass is 493 g/mol. The van der Waals surface area contributed by atoms with Crippen molar-refractivity contribution in [1.82, 2.24) is 10.6 Å². The summed E-state index contributed by atoms with van der Waals surface area (Å²) < 4.78 is 21.5. The molecule has 0 heterocycles. The van der Waals surface area contributed by atoms with Crippen molar-refractivity contribution in [3.63, 3.8) is 0 Å². The molecule has 0 rings (SSSR count). The maximum Gasteiger partial charge on any atom is 0.224 e. The van der Waals surface area contributed by atoms with Gasteiger partial charge in [-0.3, -0.25) is 14.4 Å². The molecule has 0 aliphatic heterocycles. The molecule has 2 atom stereocenters. The first kappa shape index (κ1) is 36.1. The Hall–Kier alpha value is -1.48. The summed E-state index contributed by atoms with van der Waals surface area (Å²) in [7, 11) is -3.52. The lowest BCUT2D eigenvalue weighted by atomic mass is 9.74. The average molecular weight is 494 g/mol. The summed E-state index contributed by atoms with van der Waals surface area (Å²) in [5, 5.41) is 10.2. The van der Waals surface area contributed by atoms with Crippen LogP contribution in [0.4, 0.5) is 0 Å². The maximum atomic E-state index is 12.0. The summed E-state index contributed by atoms with van der Waals surface area (Å²) in [6.45, 7) is 21.8. The topological polar surface area (TPSA) is 135 Å². The van der Waals surface area contributed by atoms with E-state index in [0.29, 0.717) is 0 Å². The van der Waals surface area contributed by atoms with Crippen molar-refractivity contribution in [2.24, 2.45) is 39.6 Å². The van der Waals surface area contributed by atoms with E-state index < -0.39 is 10.0 Å². The number of sulfonamides is 1. The molecule has 8 nitrogen and oxygen atoms in total. The van der Waals surface area contributed by atoms with Gasteiger partial charge < -0.3 is 10.6 Å². The summed E-state index contributed by atoms with van der Waals surface area (Å²) in [6, 6.07) is 0. The van der Waals surface area contributed by atoms with Crippen LogP contribution in [0.3, 0.4) is 0 Å². The largest absolute Gasteiger partial charge is 0.355 e. The molecule has 0 spiro atoms. The molecule has 0 aromatic heterocycles. The Bertz CT molecular complexity index is 717. The number of carbonyl (C=O) groups excluding carboxylic acids is 3. The van der Waals surface area contributed by atoms with Crippen LogP contribution in [-0.2, 0) is 24.4 Å².